The quantitative estimate of drug-likeness (QED) is 0.749. The Bertz CT molecular complexity index is 824. The van der Waals surface area contributed by atoms with E-state index in [4.69, 9.17) is 10.2 Å². The van der Waals surface area contributed by atoms with Gasteiger partial charge >= 0.3 is 0 Å². The maximum Gasteiger partial charge on any atom is 0.212 e. The molecule has 1 aliphatic rings. The van der Waals surface area contributed by atoms with Gasteiger partial charge in [-0.25, -0.2) is 4.98 Å². The van der Waals surface area contributed by atoms with E-state index in [1.54, 1.807) is 0 Å². The highest BCUT2D eigenvalue weighted by molar-refractivity contribution is 5.73. The van der Waals surface area contributed by atoms with E-state index in [0.29, 0.717) is 5.89 Å². The standard InChI is InChI=1S/C20H24N4O/c21-17(12-15-4-2-1-3-5-15)20-23-18-13-16(6-7-19(18)25-20)14-24-10-8-22-9-11-24/h1-7,13,17,22H,8-12,14,21H2. The van der Waals surface area contributed by atoms with Crippen LogP contribution in [-0.4, -0.2) is 36.1 Å². The summed E-state index contributed by atoms with van der Waals surface area (Å²) in [7, 11) is 0. The Hall–Kier alpha value is -2.21. The number of nitrogens with zero attached hydrogens (tertiary/aromatic N) is 2. The number of nitrogens with two attached hydrogens (primary N) is 1. The summed E-state index contributed by atoms with van der Waals surface area (Å²) in [4.78, 5) is 7.10. The predicted octanol–water partition coefficient (Wildman–Crippen LogP) is 2.48. The molecule has 0 spiro atoms. The van der Waals surface area contributed by atoms with E-state index in [1.165, 1.54) is 11.1 Å². The van der Waals surface area contributed by atoms with Crippen molar-refractivity contribution in [3.05, 3.63) is 65.5 Å². The summed E-state index contributed by atoms with van der Waals surface area (Å²) in [6.45, 7) is 5.25. The van der Waals surface area contributed by atoms with Crippen molar-refractivity contribution in [1.82, 2.24) is 15.2 Å². The second-order valence-corrected chi connectivity index (χ2v) is 6.68. The van der Waals surface area contributed by atoms with Crippen molar-refractivity contribution in [2.75, 3.05) is 26.2 Å². The fraction of sp³-hybridized carbons (Fsp3) is 0.350. The van der Waals surface area contributed by atoms with Crippen molar-refractivity contribution < 1.29 is 4.42 Å². The monoisotopic (exact) mass is 336 g/mol. The van der Waals surface area contributed by atoms with E-state index < -0.39 is 0 Å². The average molecular weight is 336 g/mol. The normalized spacial score (nSPS) is 17.0. The van der Waals surface area contributed by atoms with Gasteiger partial charge in [0.1, 0.15) is 5.52 Å². The van der Waals surface area contributed by atoms with Crippen LogP contribution in [-0.2, 0) is 13.0 Å². The molecule has 0 saturated carbocycles. The SMILES string of the molecule is NC(Cc1ccccc1)c1nc2cc(CN3CCNCC3)ccc2o1. The van der Waals surface area contributed by atoms with E-state index in [2.05, 4.69) is 39.5 Å². The van der Waals surface area contributed by atoms with Gasteiger partial charge in [0.2, 0.25) is 5.89 Å². The van der Waals surface area contributed by atoms with Crippen molar-refractivity contribution in [3.63, 3.8) is 0 Å². The highest BCUT2D eigenvalue weighted by atomic mass is 16.3. The van der Waals surface area contributed by atoms with E-state index in [0.717, 1.165) is 50.2 Å². The summed E-state index contributed by atoms with van der Waals surface area (Å²) in [6, 6.07) is 16.2. The van der Waals surface area contributed by atoms with Crippen LogP contribution in [0.2, 0.25) is 0 Å². The Kier molecular flexibility index (Phi) is 4.78. The third-order valence-corrected chi connectivity index (χ3v) is 4.70. The summed E-state index contributed by atoms with van der Waals surface area (Å²) in [5, 5.41) is 3.38. The Balaban J connectivity index is 1.49. The van der Waals surface area contributed by atoms with Crippen LogP contribution in [0.4, 0.5) is 0 Å². The molecule has 0 bridgehead atoms. The van der Waals surface area contributed by atoms with Gasteiger partial charge in [0.15, 0.2) is 5.58 Å². The second kappa shape index (κ2) is 7.35. The topological polar surface area (TPSA) is 67.3 Å². The zero-order chi connectivity index (χ0) is 17.1. The number of hydrogen-bond donors (Lipinski definition) is 2. The van der Waals surface area contributed by atoms with Gasteiger partial charge in [0, 0.05) is 32.7 Å². The third kappa shape index (κ3) is 3.90. The van der Waals surface area contributed by atoms with Gasteiger partial charge in [-0.15, -0.1) is 0 Å². The molecular formula is C20H24N4O. The first-order valence-corrected chi connectivity index (χ1v) is 8.90. The molecule has 1 fully saturated rings. The number of rotatable bonds is 5. The lowest BCUT2D eigenvalue weighted by molar-refractivity contribution is 0.233. The summed E-state index contributed by atoms with van der Waals surface area (Å²) in [6.07, 6.45) is 0.724. The lowest BCUT2D eigenvalue weighted by Crippen LogP contribution is -2.42. The maximum atomic E-state index is 6.31. The molecule has 3 N–H and O–H groups in total. The number of piperazine rings is 1. The minimum atomic E-state index is -0.230. The lowest BCUT2D eigenvalue weighted by Gasteiger charge is -2.27. The zero-order valence-corrected chi connectivity index (χ0v) is 14.3. The molecule has 1 unspecified atom stereocenters. The molecule has 0 amide bonds. The van der Waals surface area contributed by atoms with Crippen LogP contribution in [0.3, 0.4) is 0 Å². The highest BCUT2D eigenvalue weighted by Gasteiger charge is 2.16. The molecule has 1 aliphatic heterocycles. The average Bonchev–Trinajstić information content (AvgIpc) is 3.07. The van der Waals surface area contributed by atoms with Crippen molar-refractivity contribution in [2.24, 2.45) is 5.73 Å². The largest absolute Gasteiger partial charge is 0.439 e. The molecule has 5 heteroatoms. The minimum absolute atomic E-state index is 0.230. The molecule has 5 nitrogen and oxygen atoms in total. The first-order valence-electron chi connectivity index (χ1n) is 8.90. The lowest BCUT2D eigenvalue weighted by atomic mass is 10.1. The fourth-order valence-corrected chi connectivity index (χ4v) is 3.33. The van der Waals surface area contributed by atoms with Crippen LogP contribution >= 0.6 is 0 Å². The molecule has 2 heterocycles. The number of aromatic nitrogens is 1. The number of benzene rings is 2. The third-order valence-electron chi connectivity index (χ3n) is 4.70. The Morgan fingerprint density at radius 1 is 1.08 bits per heavy atom. The summed E-state index contributed by atoms with van der Waals surface area (Å²) in [5.41, 5.74) is 10.5. The van der Waals surface area contributed by atoms with Crippen LogP contribution in [0, 0.1) is 0 Å². The van der Waals surface area contributed by atoms with Crippen molar-refractivity contribution in [2.45, 2.75) is 19.0 Å². The second-order valence-electron chi connectivity index (χ2n) is 6.68. The number of oxazole rings is 1. The van der Waals surface area contributed by atoms with Crippen LogP contribution in [0.5, 0.6) is 0 Å². The molecule has 1 saturated heterocycles. The van der Waals surface area contributed by atoms with Gasteiger partial charge in [-0.1, -0.05) is 36.4 Å². The van der Waals surface area contributed by atoms with E-state index >= 15 is 0 Å². The number of hydrogen-bond acceptors (Lipinski definition) is 5. The van der Waals surface area contributed by atoms with Gasteiger partial charge in [-0.3, -0.25) is 4.90 Å². The van der Waals surface area contributed by atoms with Gasteiger partial charge in [-0.2, -0.15) is 0 Å². The van der Waals surface area contributed by atoms with Crippen LogP contribution in [0.1, 0.15) is 23.1 Å². The fourth-order valence-electron chi connectivity index (χ4n) is 3.33. The molecule has 25 heavy (non-hydrogen) atoms. The number of fused-ring (bicyclic) bond motifs is 1. The van der Waals surface area contributed by atoms with Crippen molar-refractivity contribution >= 4 is 11.1 Å². The van der Waals surface area contributed by atoms with Gasteiger partial charge in [0.05, 0.1) is 6.04 Å². The summed E-state index contributed by atoms with van der Waals surface area (Å²) >= 11 is 0. The Labute approximate surface area is 147 Å². The van der Waals surface area contributed by atoms with Crippen molar-refractivity contribution in [1.29, 1.82) is 0 Å². The van der Waals surface area contributed by atoms with Crippen LogP contribution in [0.15, 0.2) is 52.9 Å². The molecule has 1 aromatic heterocycles. The minimum Gasteiger partial charge on any atom is -0.439 e. The van der Waals surface area contributed by atoms with Crippen molar-refractivity contribution in [3.8, 4) is 0 Å². The maximum absolute atomic E-state index is 6.31. The van der Waals surface area contributed by atoms with Crippen LogP contribution in [0.25, 0.3) is 11.1 Å². The Morgan fingerprint density at radius 2 is 1.88 bits per heavy atom. The highest BCUT2D eigenvalue weighted by Crippen LogP contribution is 2.23. The molecule has 0 radical (unpaired) electrons. The molecule has 0 aliphatic carbocycles. The smallest absolute Gasteiger partial charge is 0.212 e. The predicted molar refractivity (Wildman–Crippen MR) is 99.2 cm³/mol. The van der Waals surface area contributed by atoms with Crippen LogP contribution < -0.4 is 11.1 Å². The first kappa shape index (κ1) is 16.3. The Morgan fingerprint density at radius 3 is 2.68 bits per heavy atom. The van der Waals surface area contributed by atoms with Gasteiger partial charge in [-0.05, 0) is 29.7 Å². The molecule has 130 valence electrons. The van der Waals surface area contributed by atoms with Gasteiger partial charge < -0.3 is 15.5 Å². The van der Waals surface area contributed by atoms with Gasteiger partial charge in [0.25, 0.3) is 0 Å². The summed E-state index contributed by atoms with van der Waals surface area (Å²) < 4.78 is 5.89. The molecule has 4 rings (SSSR count). The number of nitrogens with one attached hydrogen (secondary N) is 1. The van der Waals surface area contributed by atoms with E-state index in [1.807, 2.05) is 24.3 Å². The molecule has 2 aromatic carbocycles. The molecular weight excluding hydrogens is 312 g/mol. The first-order chi connectivity index (χ1) is 12.3. The van der Waals surface area contributed by atoms with E-state index in [9.17, 15) is 0 Å². The zero-order valence-electron chi connectivity index (χ0n) is 14.3. The molecule has 1 atom stereocenters. The summed E-state index contributed by atoms with van der Waals surface area (Å²) in [5.74, 6) is 0.609. The van der Waals surface area contributed by atoms with E-state index in [-0.39, 0.29) is 6.04 Å². The molecule has 3 aromatic rings.